The van der Waals surface area contributed by atoms with Gasteiger partial charge in [0.1, 0.15) is 6.04 Å². The normalized spacial score (nSPS) is 45.9. The van der Waals surface area contributed by atoms with Gasteiger partial charge in [-0.3, -0.25) is 4.79 Å². The number of piperidine rings is 1. The average Bonchev–Trinajstić information content (AvgIpc) is 3.07. The monoisotopic (exact) mass is 355 g/mol. The molecule has 1 heterocycles. The van der Waals surface area contributed by atoms with E-state index in [9.17, 15) is 15.2 Å². The Balaban J connectivity index is 1.47. The summed E-state index contributed by atoms with van der Waals surface area (Å²) in [5.41, 5.74) is 0.611. The lowest BCUT2D eigenvalue weighted by Crippen LogP contribution is -2.57. The number of amides is 1. The van der Waals surface area contributed by atoms with Crippen LogP contribution in [0.2, 0.25) is 0 Å². The Morgan fingerprint density at radius 3 is 3.15 bits per heavy atom. The van der Waals surface area contributed by atoms with Gasteiger partial charge in [-0.2, -0.15) is 5.26 Å². The number of aliphatic hydroxyl groups is 1. The summed E-state index contributed by atoms with van der Waals surface area (Å²) in [5.74, 6) is 0.905. The Kier molecular flexibility index (Phi) is 3.59. The Labute approximate surface area is 155 Å². The minimum atomic E-state index is -0.615. The number of carbonyl (C=O) groups excluding carboxylic acids is 1. The number of likely N-dealkylation sites (tertiary alicyclic amines) is 1. The van der Waals surface area contributed by atoms with Crippen molar-refractivity contribution >= 4 is 5.91 Å². The van der Waals surface area contributed by atoms with Crippen molar-refractivity contribution in [2.75, 3.05) is 6.54 Å². The molecule has 0 aromatic carbocycles. The van der Waals surface area contributed by atoms with Crippen molar-refractivity contribution in [3.05, 3.63) is 11.6 Å². The van der Waals surface area contributed by atoms with Crippen LogP contribution in [-0.2, 0) is 4.79 Å². The summed E-state index contributed by atoms with van der Waals surface area (Å²) in [6.07, 6.45) is 9.58. The van der Waals surface area contributed by atoms with Crippen LogP contribution in [0.5, 0.6) is 0 Å². The van der Waals surface area contributed by atoms with Gasteiger partial charge in [0.2, 0.25) is 5.91 Å². The van der Waals surface area contributed by atoms with Crippen molar-refractivity contribution in [3.8, 4) is 6.07 Å². The highest BCUT2D eigenvalue weighted by molar-refractivity contribution is 5.85. The molecule has 0 aromatic heterocycles. The molecule has 1 amide bonds. The summed E-state index contributed by atoms with van der Waals surface area (Å²) in [6.45, 7) is 2.92. The zero-order valence-corrected chi connectivity index (χ0v) is 15.6. The van der Waals surface area contributed by atoms with E-state index in [-0.39, 0.29) is 35.4 Å². The molecule has 1 saturated heterocycles. The first-order chi connectivity index (χ1) is 12.5. The van der Waals surface area contributed by atoms with Crippen LogP contribution in [0.4, 0.5) is 0 Å². The Bertz CT molecular complexity index is 713. The number of nitrogens with zero attached hydrogens (tertiary/aromatic N) is 2. The van der Waals surface area contributed by atoms with Crippen molar-refractivity contribution in [2.45, 2.75) is 82.0 Å². The molecule has 0 aromatic rings. The summed E-state index contributed by atoms with van der Waals surface area (Å²) in [7, 11) is 0. The minimum absolute atomic E-state index is 0.121. The fourth-order valence-corrected chi connectivity index (χ4v) is 6.64. The fraction of sp³-hybridized carbons (Fsp3) is 0.810. The third-order valence-electron chi connectivity index (χ3n) is 7.95. The smallest absolute Gasteiger partial charge is 0.241 e. The Morgan fingerprint density at radius 1 is 1.54 bits per heavy atom. The molecule has 1 aliphatic heterocycles. The third-order valence-corrected chi connectivity index (χ3v) is 7.95. The summed E-state index contributed by atoms with van der Waals surface area (Å²) < 4.78 is 0. The van der Waals surface area contributed by atoms with E-state index >= 15 is 0 Å². The third kappa shape index (κ3) is 2.18. The Hall–Kier alpha value is -1.38. The van der Waals surface area contributed by atoms with Gasteiger partial charge < -0.3 is 15.3 Å². The summed E-state index contributed by atoms with van der Waals surface area (Å²) in [6, 6.07) is 2.12. The predicted octanol–water partition coefficient (Wildman–Crippen LogP) is 2.12. The number of nitriles is 1. The van der Waals surface area contributed by atoms with E-state index in [2.05, 4.69) is 24.4 Å². The number of nitrogens with one attached hydrogen (secondary N) is 1. The van der Waals surface area contributed by atoms with Crippen LogP contribution < -0.4 is 5.32 Å². The zero-order chi connectivity index (χ0) is 18.1. The molecule has 2 bridgehead atoms. The van der Waals surface area contributed by atoms with Gasteiger partial charge in [-0.25, -0.2) is 0 Å². The molecule has 5 nitrogen and oxygen atoms in total. The molecule has 0 radical (unpaired) electrons. The summed E-state index contributed by atoms with van der Waals surface area (Å²) in [4.78, 5) is 15.6. The van der Waals surface area contributed by atoms with Crippen molar-refractivity contribution in [1.29, 1.82) is 5.26 Å². The van der Waals surface area contributed by atoms with E-state index in [1.54, 1.807) is 0 Å². The largest absolute Gasteiger partial charge is 0.389 e. The first kappa shape index (κ1) is 16.8. The standard InChI is InChI=1S/C21H29N3O2/c1-2-7-23-18(19(25)24-15(11-22)8-14-9-17(14)24)20-5-3-13-4-6-21(26,12-20)16(13)10-20/h3,14-18,23,26H,2,4-10,12H2,1H3/t14?,15-,16?,17-,18+,20?,21?/m0/s1. The molecule has 5 aliphatic rings. The highest BCUT2D eigenvalue weighted by Gasteiger charge is 2.64. The van der Waals surface area contributed by atoms with Crippen LogP contribution in [0, 0.1) is 28.6 Å². The fourth-order valence-electron chi connectivity index (χ4n) is 6.64. The first-order valence-electron chi connectivity index (χ1n) is 10.4. The molecule has 0 spiro atoms. The predicted molar refractivity (Wildman–Crippen MR) is 96.9 cm³/mol. The SMILES string of the molecule is CCCN[C@H](C(=O)N1[C@H](C#N)CC2C[C@@H]21)C12CC=C3CCC(O)(C1)C3C2. The van der Waals surface area contributed by atoms with Crippen molar-refractivity contribution in [2.24, 2.45) is 17.3 Å². The zero-order valence-electron chi connectivity index (χ0n) is 15.6. The van der Waals surface area contributed by atoms with Gasteiger partial charge in [0.15, 0.2) is 0 Å². The van der Waals surface area contributed by atoms with Crippen LogP contribution >= 0.6 is 0 Å². The first-order valence-corrected chi connectivity index (χ1v) is 10.4. The second kappa shape index (κ2) is 5.56. The number of hydrogen-bond donors (Lipinski definition) is 2. The minimum Gasteiger partial charge on any atom is -0.389 e. The van der Waals surface area contributed by atoms with Gasteiger partial charge in [0, 0.05) is 17.4 Å². The molecule has 7 atom stereocenters. The number of rotatable bonds is 5. The van der Waals surface area contributed by atoms with Crippen molar-refractivity contribution < 1.29 is 9.90 Å². The molecular weight excluding hydrogens is 326 g/mol. The molecule has 4 unspecified atom stereocenters. The maximum atomic E-state index is 13.7. The summed E-state index contributed by atoms with van der Waals surface area (Å²) >= 11 is 0. The Morgan fingerprint density at radius 2 is 2.38 bits per heavy atom. The number of carbonyl (C=O) groups is 1. The van der Waals surface area contributed by atoms with E-state index in [4.69, 9.17) is 0 Å². The number of fused-ring (bicyclic) bond motifs is 2. The molecule has 4 fully saturated rings. The van der Waals surface area contributed by atoms with Crippen molar-refractivity contribution in [3.63, 3.8) is 0 Å². The maximum absolute atomic E-state index is 13.7. The molecule has 140 valence electrons. The second-order valence-electron chi connectivity index (χ2n) is 9.46. The van der Waals surface area contributed by atoms with E-state index in [1.165, 1.54) is 5.57 Å². The van der Waals surface area contributed by atoms with Crippen LogP contribution in [0.1, 0.15) is 58.3 Å². The maximum Gasteiger partial charge on any atom is 0.241 e. The van der Waals surface area contributed by atoms with E-state index in [1.807, 2.05) is 4.90 Å². The molecule has 4 aliphatic carbocycles. The van der Waals surface area contributed by atoms with Gasteiger partial charge in [0.25, 0.3) is 0 Å². The quantitative estimate of drug-likeness (QED) is 0.741. The van der Waals surface area contributed by atoms with E-state index in [0.717, 1.165) is 57.9 Å². The molecule has 5 heteroatoms. The van der Waals surface area contributed by atoms with Gasteiger partial charge in [0.05, 0.1) is 17.7 Å². The number of hydrogen-bond acceptors (Lipinski definition) is 4. The highest BCUT2D eigenvalue weighted by atomic mass is 16.3. The molecule has 2 N–H and O–H groups in total. The van der Waals surface area contributed by atoms with Crippen LogP contribution in [0.25, 0.3) is 0 Å². The lowest BCUT2D eigenvalue weighted by molar-refractivity contribution is -0.138. The topological polar surface area (TPSA) is 76.4 Å². The number of allylic oxidation sites excluding steroid dienone is 1. The van der Waals surface area contributed by atoms with E-state index in [0.29, 0.717) is 5.92 Å². The van der Waals surface area contributed by atoms with Gasteiger partial charge in [-0.1, -0.05) is 18.6 Å². The van der Waals surface area contributed by atoms with Crippen molar-refractivity contribution in [1.82, 2.24) is 10.2 Å². The van der Waals surface area contributed by atoms with Crippen LogP contribution in [-0.4, -0.2) is 46.2 Å². The van der Waals surface area contributed by atoms with Gasteiger partial charge in [-0.15, -0.1) is 0 Å². The molecule has 5 rings (SSSR count). The van der Waals surface area contributed by atoms with E-state index < -0.39 is 5.60 Å². The lowest BCUT2D eigenvalue weighted by Gasteiger charge is -2.42. The second-order valence-corrected chi connectivity index (χ2v) is 9.46. The van der Waals surface area contributed by atoms with Crippen LogP contribution in [0.3, 0.4) is 0 Å². The molecular formula is C21H29N3O2. The average molecular weight is 355 g/mol. The van der Waals surface area contributed by atoms with Crippen LogP contribution in [0.15, 0.2) is 11.6 Å². The highest BCUT2D eigenvalue weighted by Crippen LogP contribution is 2.63. The molecule has 3 saturated carbocycles. The van der Waals surface area contributed by atoms with Gasteiger partial charge >= 0.3 is 0 Å². The summed E-state index contributed by atoms with van der Waals surface area (Å²) in [5, 5.41) is 24.3. The lowest BCUT2D eigenvalue weighted by atomic mass is 9.70. The molecule has 26 heavy (non-hydrogen) atoms. The van der Waals surface area contributed by atoms with Gasteiger partial charge in [-0.05, 0) is 63.8 Å².